The Kier molecular flexibility index (Phi) is 3.35. The van der Waals surface area contributed by atoms with E-state index in [1.807, 2.05) is 30.3 Å². The molecule has 0 aliphatic heterocycles. The molecular formula is C13H14N2O2. The molecule has 1 aromatic carbocycles. The maximum absolute atomic E-state index is 11.5. The molecule has 1 aromatic heterocycles. The maximum Gasteiger partial charge on any atom is 0.314 e. The summed E-state index contributed by atoms with van der Waals surface area (Å²) in [5.41, 5.74) is 7.29. The highest BCUT2D eigenvalue weighted by atomic mass is 16.5. The van der Waals surface area contributed by atoms with Crippen molar-refractivity contribution in [1.82, 2.24) is 4.98 Å². The number of hydrogen-bond donors (Lipinski definition) is 1. The summed E-state index contributed by atoms with van der Waals surface area (Å²) in [4.78, 5) is 15.9. The Labute approximate surface area is 99.4 Å². The SMILES string of the molecule is COC(=O)C(CN)c1cnc2ccccc2c1. The number of rotatable bonds is 3. The minimum atomic E-state index is -0.447. The molecule has 2 N–H and O–H groups in total. The average Bonchev–Trinajstić information content (AvgIpc) is 2.39. The Morgan fingerprint density at radius 1 is 1.47 bits per heavy atom. The molecule has 4 heteroatoms. The van der Waals surface area contributed by atoms with E-state index in [-0.39, 0.29) is 12.5 Å². The van der Waals surface area contributed by atoms with E-state index in [1.54, 1.807) is 6.20 Å². The first-order valence-electron chi connectivity index (χ1n) is 5.39. The molecule has 2 aromatic rings. The van der Waals surface area contributed by atoms with Crippen molar-refractivity contribution >= 4 is 16.9 Å². The molecule has 0 fully saturated rings. The van der Waals surface area contributed by atoms with Crippen molar-refractivity contribution in [3.63, 3.8) is 0 Å². The molecule has 0 bridgehead atoms. The number of pyridine rings is 1. The molecule has 0 radical (unpaired) electrons. The fraction of sp³-hybridized carbons (Fsp3) is 0.231. The Hall–Kier alpha value is -1.94. The van der Waals surface area contributed by atoms with Gasteiger partial charge in [-0.25, -0.2) is 0 Å². The molecule has 1 heterocycles. The van der Waals surface area contributed by atoms with Gasteiger partial charge < -0.3 is 10.5 Å². The van der Waals surface area contributed by atoms with Gasteiger partial charge in [-0.15, -0.1) is 0 Å². The van der Waals surface area contributed by atoms with Crippen molar-refractivity contribution in [2.24, 2.45) is 5.73 Å². The summed E-state index contributed by atoms with van der Waals surface area (Å²) in [5, 5.41) is 0.993. The molecule has 0 aliphatic carbocycles. The maximum atomic E-state index is 11.5. The third-order valence-electron chi connectivity index (χ3n) is 2.74. The molecule has 0 saturated heterocycles. The lowest BCUT2D eigenvalue weighted by atomic mass is 10.00. The van der Waals surface area contributed by atoms with Crippen LogP contribution in [0.3, 0.4) is 0 Å². The number of aromatic nitrogens is 1. The van der Waals surface area contributed by atoms with Gasteiger partial charge in [0.1, 0.15) is 0 Å². The highest BCUT2D eigenvalue weighted by molar-refractivity contribution is 5.83. The van der Waals surface area contributed by atoms with Crippen LogP contribution in [-0.4, -0.2) is 24.6 Å². The first-order valence-corrected chi connectivity index (χ1v) is 5.39. The van der Waals surface area contributed by atoms with Crippen molar-refractivity contribution < 1.29 is 9.53 Å². The van der Waals surface area contributed by atoms with E-state index >= 15 is 0 Å². The Bertz CT molecular complexity index is 540. The van der Waals surface area contributed by atoms with Crippen LogP contribution in [0.2, 0.25) is 0 Å². The summed E-state index contributed by atoms with van der Waals surface area (Å²) in [6.07, 6.45) is 1.68. The van der Waals surface area contributed by atoms with Gasteiger partial charge in [0.2, 0.25) is 0 Å². The normalized spacial score (nSPS) is 12.4. The fourth-order valence-electron chi connectivity index (χ4n) is 1.79. The van der Waals surface area contributed by atoms with Crippen LogP contribution in [-0.2, 0) is 9.53 Å². The Morgan fingerprint density at radius 2 is 2.24 bits per heavy atom. The lowest BCUT2D eigenvalue weighted by molar-refractivity contribution is -0.142. The molecule has 0 spiro atoms. The second-order valence-corrected chi connectivity index (χ2v) is 3.77. The lowest BCUT2D eigenvalue weighted by Gasteiger charge is -2.12. The number of hydrogen-bond acceptors (Lipinski definition) is 4. The van der Waals surface area contributed by atoms with Gasteiger partial charge in [0.25, 0.3) is 0 Å². The fourth-order valence-corrected chi connectivity index (χ4v) is 1.79. The highest BCUT2D eigenvalue weighted by Gasteiger charge is 2.20. The summed E-state index contributed by atoms with van der Waals surface area (Å²) in [6.45, 7) is 0.215. The third-order valence-corrected chi connectivity index (χ3v) is 2.74. The van der Waals surface area contributed by atoms with Crippen molar-refractivity contribution in [2.45, 2.75) is 5.92 Å². The number of methoxy groups -OCH3 is 1. The molecule has 88 valence electrons. The minimum absolute atomic E-state index is 0.215. The number of para-hydroxylation sites is 1. The van der Waals surface area contributed by atoms with Crippen LogP contribution in [0.4, 0.5) is 0 Å². The summed E-state index contributed by atoms with van der Waals surface area (Å²) in [5.74, 6) is -0.776. The number of benzene rings is 1. The van der Waals surface area contributed by atoms with Crippen LogP contribution in [0.25, 0.3) is 10.9 Å². The van der Waals surface area contributed by atoms with E-state index in [0.717, 1.165) is 16.5 Å². The average molecular weight is 230 g/mol. The number of carbonyl (C=O) groups excluding carboxylic acids is 1. The van der Waals surface area contributed by atoms with Gasteiger partial charge in [0.05, 0.1) is 18.5 Å². The lowest BCUT2D eigenvalue weighted by Crippen LogP contribution is -2.22. The van der Waals surface area contributed by atoms with E-state index < -0.39 is 5.92 Å². The molecule has 1 atom stereocenters. The first-order chi connectivity index (χ1) is 8.26. The second kappa shape index (κ2) is 4.93. The van der Waals surface area contributed by atoms with Gasteiger partial charge in [-0.3, -0.25) is 9.78 Å². The largest absolute Gasteiger partial charge is 0.469 e. The smallest absolute Gasteiger partial charge is 0.314 e. The van der Waals surface area contributed by atoms with Gasteiger partial charge in [-0.2, -0.15) is 0 Å². The summed E-state index contributed by atoms with van der Waals surface area (Å²) in [7, 11) is 1.36. The summed E-state index contributed by atoms with van der Waals surface area (Å²) in [6, 6.07) is 9.67. The molecular weight excluding hydrogens is 216 g/mol. The molecule has 0 amide bonds. The van der Waals surface area contributed by atoms with Crippen molar-refractivity contribution in [3.8, 4) is 0 Å². The highest BCUT2D eigenvalue weighted by Crippen LogP contribution is 2.20. The van der Waals surface area contributed by atoms with Crippen molar-refractivity contribution in [3.05, 3.63) is 42.1 Å². The predicted octanol–water partition coefficient (Wildman–Crippen LogP) is 1.45. The third kappa shape index (κ3) is 2.26. The van der Waals surface area contributed by atoms with Gasteiger partial charge >= 0.3 is 5.97 Å². The Morgan fingerprint density at radius 3 is 2.94 bits per heavy atom. The van der Waals surface area contributed by atoms with Crippen LogP contribution < -0.4 is 5.73 Å². The van der Waals surface area contributed by atoms with Crippen LogP contribution in [0.5, 0.6) is 0 Å². The molecule has 0 aliphatic rings. The van der Waals surface area contributed by atoms with Crippen molar-refractivity contribution in [2.75, 3.05) is 13.7 Å². The predicted molar refractivity (Wildman–Crippen MR) is 65.6 cm³/mol. The van der Waals surface area contributed by atoms with Crippen LogP contribution in [0, 0.1) is 0 Å². The van der Waals surface area contributed by atoms with E-state index in [4.69, 9.17) is 10.5 Å². The van der Waals surface area contributed by atoms with Crippen LogP contribution >= 0.6 is 0 Å². The van der Waals surface area contributed by atoms with Crippen molar-refractivity contribution in [1.29, 1.82) is 0 Å². The molecule has 0 saturated carbocycles. The number of esters is 1. The van der Waals surface area contributed by atoms with E-state index in [0.29, 0.717) is 0 Å². The number of carbonyl (C=O) groups is 1. The number of fused-ring (bicyclic) bond motifs is 1. The molecule has 4 nitrogen and oxygen atoms in total. The summed E-state index contributed by atoms with van der Waals surface area (Å²) >= 11 is 0. The zero-order chi connectivity index (χ0) is 12.3. The monoisotopic (exact) mass is 230 g/mol. The van der Waals surface area contributed by atoms with Gasteiger partial charge in [0, 0.05) is 18.1 Å². The Balaban J connectivity index is 2.44. The molecule has 17 heavy (non-hydrogen) atoms. The summed E-state index contributed by atoms with van der Waals surface area (Å²) < 4.78 is 4.72. The van der Waals surface area contributed by atoms with Gasteiger partial charge in [-0.05, 0) is 17.7 Å². The zero-order valence-electron chi connectivity index (χ0n) is 9.59. The quantitative estimate of drug-likeness (QED) is 0.810. The van der Waals surface area contributed by atoms with E-state index in [2.05, 4.69) is 4.98 Å². The minimum Gasteiger partial charge on any atom is -0.469 e. The van der Waals surface area contributed by atoms with E-state index in [9.17, 15) is 4.79 Å². The van der Waals surface area contributed by atoms with Gasteiger partial charge in [-0.1, -0.05) is 18.2 Å². The standard InChI is InChI=1S/C13H14N2O2/c1-17-13(16)11(7-14)10-6-9-4-2-3-5-12(9)15-8-10/h2-6,8,11H,7,14H2,1H3. The second-order valence-electron chi connectivity index (χ2n) is 3.77. The number of ether oxygens (including phenoxy) is 1. The van der Waals surface area contributed by atoms with Crippen LogP contribution in [0.1, 0.15) is 11.5 Å². The zero-order valence-corrected chi connectivity index (χ0v) is 9.59. The molecule has 2 rings (SSSR count). The van der Waals surface area contributed by atoms with E-state index in [1.165, 1.54) is 7.11 Å². The number of nitrogens with two attached hydrogens (primary N) is 1. The number of nitrogens with zero attached hydrogens (tertiary/aromatic N) is 1. The molecule has 1 unspecified atom stereocenters. The van der Waals surface area contributed by atoms with Crippen LogP contribution in [0.15, 0.2) is 36.5 Å². The topological polar surface area (TPSA) is 65.2 Å². The first kappa shape index (κ1) is 11.5. The van der Waals surface area contributed by atoms with Gasteiger partial charge in [0.15, 0.2) is 0 Å².